The Morgan fingerprint density at radius 3 is 2.38 bits per heavy atom. The highest BCUT2D eigenvalue weighted by molar-refractivity contribution is 5.42. The summed E-state index contributed by atoms with van der Waals surface area (Å²) in [7, 11) is 1.80. The van der Waals surface area contributed by atoms with Gasteiger partial charge in [0.25, 0.3) is 0 Å². The summed E-state index contributed by atoms with van der Waals surface area (Å²) in [5, 5.41) is 3.61. The second-order valence-electron chi connectivity index (χ2n) is 5.21. The Kier molecular flexibility index (Phi) is 2.27. The van der Waals surface area contributed by atoms with Crippen molar-refractivity contribution in [2.45, 2.75) is 31.7 Å². The summed E-state index contributed by atoms with van der Waals surface area (Å²) in [5.41, 5.74) is 1.14. The van der Waals surface area contributed by atoms with Gasteiger partial charge < -0.3 is 9.88 Å². The van der Waals surface area contributed by atoms with E-state index >= 15 is 0 Å². The maximum absolute atomic E-state index is 11.3. The molecule has 3 heteroatoms. The molecule has 3 rings (SSSR count). The molecule has 0 saturated heterocycles. The maximum atomic E-state index is 11.3. The highest BCUT2D eigenvalue weighted by Gasteiger charge is 2.41. The van der Waals surface area contributed by atoms with Gasteiger partial charge >= 0.3 is 0 Å². The fourth-order valence-corrected chi connectivity index (χ4v) is 2.40. The van der Waals surface area contributed by atoms with E-state index in [0.717, 1.165) is 17.5 Å². The SMILES string of the molecule is Cn1cc(NC(C2CC2)C2CC2)ccc1=O. The Morgan fingerprint density at radius 2 is 1.88 bits per heavy atom. The van der Waals surface area contributed by atoms with Gasteiger partial charge in [-0.1, -0.05) is 0 Å². The molecule has 16 heavy (non-hydrogen) atoms. The Labute approximate surface area is 95.5 Å². The van der Waals surface area contributed by atoms with E-state index < -0.39 is 0 Å². The first kappa shape index (κ1) is 9.94. The van der Waals surface area contributed by atoms with Crippen LogP contribution in [0.5, 0.6) is 0 Å². The average molecular weight is 218 g/mol. The van der Waals surface area contributed by atoms with Crippen molar-refractivity contribution in [1.82, 2.24) is 4.57 Å². The molecule has 0 spiro atoms. The molecule has 0 radical (unpaired) electrons. The molecule has 1 heterocycles. The standard InChI is InChI=1S/C13H18N2O/c1-15-8-11(6-7-12(15)16)14-13(9-2-3-9)10-4-5-10/h6-10,13-14H,2-5H2,1H3. The van der Waals surface area contributed by atoms with Crippen molar-refractivity contribution >= 4 is 5.69 Å². The lowest BCUT2D eigenvalue weighted by Gasteiger charge is -2.19. The van der Waals surface area contributed by atoms with Crippen LogP contribution in [0.3, 0.4) is 0 Å². The van der Waals surface area contributed by atoms with Crippen molar-refractivity contribution in [2.75, 3.05) is 5.32 Å². The fraction of sp³-hybridized carbons (Fsp3) is 0.615. The number of aromatic nitrogens is 1. The third-order valence-corrected chi connectivity index (χ3v) is 3.68. The highest BCUT2D eigenvalue weighted by atomic mass is 16.1. The van der Waals surface area contributed by atoms with Crippen LogP contribution in [0.15, 0.2) is 23.1 Å². The van der Waals surface area contributed by atoms with Gasteiger partial charge in [-0.25, -0.2) is 0 Å². The first-order valence-electron chi connectivity index (χ1n) is 6.17. The zero-order valence-electron chi connectivity index (χ0n) is 9.65. The number of nitrogens with zero attached hydrogens (tertiary/aromatic N) is 1. The van der Waals surface area contributed by atoms with E-state index in [-0.39, 0.29) is 5.56 Å². The summed E-state index contributed by atoms with van der Waals surface area (Å²) in [6.45, 7) is 0. The molecule has 0 atom stereocenters. The second kappa shape index (κ2) is 3.65. The number of aryl methyl sites for hydroxylation is 1. The molecular weight excluding hydrogens is 200 g/mol. The topological polar surface area (TPSA) is 34.0 Å². The van der Waals surface area contributed by atoms with E-state index in [0.29, 0.717) is 6.04 Å². The van der Waals surface area contributed by atoms with Crippen molar-refractivity contribution in [2.24, 2.45) is 18.9 Å². The summed E-state index contributed by atoms with van der Waals surface area (Å²) in [4.78, 5) is 11.3. The maximum Gasteiger partial charge on any atom is 0.250 e. The van der Waals surface area contributed by atoms with Crippen molar-refractivity contribution in [3.05, 3.63) is 28.7 Å². The predicted octanol–water partition coefficient (Wildman–Crippen LogP) is 1.99. The van der Waals surface area contributed by atoms with Crippen molar-refractivity contribution in [3.63, 3.8) is 0 Å². The van der Waals surface area contributed by atoms with Crippen LogP contribution < -0.4 is 10.9 Å². The number of hydrogen-bond acceptors (Lipinski definition) is 2. The fourth-order valence-electron chi connectivity index (χ4n) is 2.40. The van der Waals surface area contributed by atoms with Crippen molar-refractivity contribution in [3.8, 4) is 0 Å². The van der Waals surface area contributed by atoms with Gasteiger partial charge in [0.2, 0.25) is 5.56 Å². The van der Waals surface area contributed by atoms with Crippen molar-refractivity contribution in [1.29, 1.82) is 0 Å². The van der Waals surface area contributed by atoms with E-state index in [4.69, 9.17) is 0 Å². The molecule has 0 aromatic carbocycles. The molecule has 2 aliphatic rings. The van der Waals surface area contributed by atoms with Gasteiger partial charge in [0.15, 0.2) is 0 Å². The highest BCUT2D eigenvalue weighted by Crippen LogP contribution is 2.45. The molecule has 0 aliphatic heterocycles. The molecule has 2 fully saturated rings. The minimum Gasteiger partial charge on any atom is -0.381 e. The van der Waals surface area contributed by atoms with Crippen LogP contribution in [0.4, 0.5) is 5.69 Å². The van der Waals surface area contributed by atoms with Gasteiger partial charge in [0, 0.05) is 25.4 Å². The predicted molar refractivity (Wildman–Crippen MR) is 64.5 cm³/mol. The Balaban J connectivity index is 1.76. The van der Waals surface area contributed by atoms with E-state index in [1.165, 1.54) is 25.7 Å². The Bertz CT molecular complexity index is 431. The van der Waals surface area contributed by atoms with Gasteiger partial charge in [-0.15, -0.1) is 0 Å². The van der Waals surface area contributed by atoms with Crippen LogP contribution in [0, 0.1) is 11.8 Å². The van der Waals surface area contributed by atoms with E-state index in [1.807, 2.05) is 12.3 Å². The molecule has 0 amide bonds. The third kappa shape index (κ3) is 1.99. The summed E-state index contributed by atoms with van der Waals surface area (Å²) in [6, 6.07) is 4.19. The zero-order valence-corrected chi connectivity index (χ0v) is 9.65. The normalized spacial score (nSPS) is 20.1. The van der Waals surface area contributed by atoms with Crippen LogP contribution in [0.2, 0.25) is 0 Å². The number of rotatable bonds is 4. The van der Waals surface area contributed by atoms with Gasteiger partial charge in [0.1, 0.15) is 0 Å². The molecular formula is C13H18N2O. The largest absolute Gasteiger partial charge is 0.381 e. The van der Waals surface area contributed by atoms with Crippen LogP contribution in [0.25, 0.3) is 0 Å². The van der Waals surface area contributed by atoms with E-state index in [2.05, 4.69) is 5.32 Å². The van der Waals surface area contributed by atoms with Crippen LogP contribution in [-0.2, 0) is 7.05 Å². The number of nitrogens with one attached hydrogen (secondary N) is 1. The quantitative estimate of drug-likeness (QED) is 0.838. The number of hydrogen-bond donors (Lipinski definition) is 1. The molecule has 3 nitrogen and oxygen atoms in total. The molecule has 1 aromatic rings. The number of anilines is 1. The first-order chi connectivity index (χ1) is 7.74. The average Bonchev–Trinajstić information content (AvgIpc) is 3.14. The minimum atomic E-state index is 0.0555. The molecule has 2 saturated carbocycles. The molecule has 0 bridgehead atoms. The van der Waals surface area contributed by atoms with Crippen LogP contribution in [-0.4, -0.2) is 10.6 Å². The zero-order chi connectivity index (χ0) is 11.1. The summed E-state index contributed by atoms with van der Waals surface area (Å²) >= 11 is 0. The van der Waals surface area contributed by atoms with Gasteiger partial charge in [0.05, 0.1) is 5.69 Å². The lowest BCUT2D eigenvalue weighted by molar-refractivity contribution is 0.567. The van der Waals surface area contributed by atoms with Gasteiger partial charge in [-0.2, -0.15) is 0 Å². The smallest absolute Gasteiger partial charge is 0.250 e. The minimum absolute atomic E-state index is 0.0555. The molecule has 1 N–H and O–H groups in total. The van der Waals surface area contributed by atoms with Gasteiger partial charge in [-0.05, 0) is 43.6 Å². The second-order valence-corrected chi connectivity index (χ2v) is 5.21. The summed E-state index contributed by atoms with van der Waals surface area (Å²) < 4.78 is 1.64. The Morgan fingerprint density at radius 1 is 1.25 bits per heavy atom. The van der Waals surface area contributed by atoms with E-state index in [1.54, 1.807) is 17.7 Å². The molecule has 0 unspecified atom stereocenters. The monoisotopic (exact) mass is 218 g/mol. The third-order valence-electron chi connectivity index (χ3n) is 3.68. The lowest BCUT2D eigenvalue weighted by Crippen LogP contribution is -2.25. The summed E-state index contributed by atoms with van der Waals surface area (Å²) in [6.07, 6.45) is 7.40. The Hall–Kier alpha value is -1.25. The number of pyridine rings is 1. The van der Waals surface area contributed by atoms with Crippen LogP contribution in [0.1, 0.15) is 25.7 Å². The van der Waals surface area contributed by atoms with Gasteiger partial charge in [-0.3, -0.25) is 4.79 Å². The van der Waals surface area contributed by atoms with Crippen LogP contribution >= 0.6 is 0 Å². The molecule has 2 aliphatic carbocycles. The first-order valence-corrected chi connectivity index (χ1v) is 6.17. The van der Waals surface area contributed by atoms with E-state index in [9.17, 15) is 4.79 Å². The summed E-state index contributed by atoms with van der Waals surface area (Å²) in [5.74, 6) is 1.76. The van der Waals surface area contributed by atoms with Crippen molar-refractivity contribution < 1.29 is 0 Å². The lowest BCUT2D eigenvalue weighted by atomic mass is 10.1. The molecule has 86 valence electrons. The molecule has 1 aromatic heterocycles.